The third-order valence-corrected chi connectivity index (χ3v) is 5.43. The topological polar surface area (TPSA) is 66.9 Å². The molecule has 1 aromatic carbocycles. The van der Waals surface area contributed by atoms with Crippen molar-refractivity contribution >= 4 is 5.69 Å². The summed E-state index contributed by atoms with van der Waals surface area (Å²) in [7, 11) is 3.57. The number of methoxy groups -OCH3 is 1. The second-order valence-corrected chi connectivity index (χ2v) is 7.42. The molecule has 0 unspecified atom stereocenters. The number of aryl methyl sites for hydroxylation is 1. The van der Waals surface area contributed by atoms with E-state index in [-0.39, 0.29) is 0 Å². The minimum atomic E-state index is -0.744. The largest absolute Gasteiger partial charge is 0.462 e. The minimum absolute atomic E-state index is 0.503. The van der Waals surface area contributed by atoms with E-state index in [9.17, 15) is 5.11 Å². The molecule has 1 fully saturated rings. The molecular weight excluding hydrogens is 368 g/mol. The minimum Gasteiger partial charge on any atom is -0.462 e. The van der Waals surface area contributed by atoms with E-state index in [0.717, 1.165) is 55.5 Å². The van der Waals surface area contributed by atoms with E-state index in [1.807, 2.05) is 48.1 Å². The van der Waals surface area contributed by atoms with Crippen LogP contribution in [0, 0.1) is 0 Å². The van der Waals surface area contributed by atoms with Crippen LogP contribution in [0.15, 0.2) is 53.2 Å². The lowest BCUT2D eigenvalue weighted by Gasteiger charge is -2.37. The summed E-state index contributed by atoms with van der Waals surface area (Å²) in [6.45, 7) is 4.98. The number of hydrogen-bond donors (Lipinski definition) is 1. The zero-order valence-corrected chi connectivity index (χ0v) is 17.0. The standard InChI is InChI=1S/C22H28N4O3/c1-24-10-9-23-22(24)21(27)19-5-3-4-6-20(19)26-13-11-25(12-14-26)15-17-7-8-18(29-17)16-28-2/h3-10,21,27H,11-16H2,1-2H3/t21-/m1/s1. The summed E-state index contributed by atoms with van der Waals surface area (Å²) >= 11 is 0. The first kappa shape index (κ1) is 19.7. The molecule has 0 radical (unpaired) electrons. The van der Waals surface area contributed by atoms with Gasteiger partial charge in [-0.2, -0.15) is 0 Å². The predicted molar refractivity (Wildman–Crippen MR) is 111 cm³/mol. The highest BCUT2D eigenvalue weighted by Gasteiger charge is 2.24. The number of nitrogens with zero attached hydrogens (tertiary/aromatic N) is 4. The van der Waals surface area contributed by atoms with E-state index < -0.39 is 6.10 Å². The van der Waals surface area contributed by atoms with Gasteiger partial charge in [0, 0.05) is 64.0 Å². The van der Waals surface area contributed by atoms with Gasteiger partial charge in [0.25, 0.3) is 0 Å². The molecule has 4 rings (SSSR count). The fraction of sp³-hybridized carbons (Fsp3) is 0.409. The molecule has 7 heteroatoms. The smallest absolute Gasteiger partial charge is 0.142 e. The molecule has 7 nitrogen and oxygen atoms in total. The molecule has 29 heavy (non-hydrogen) atoms. The molecule has 3 aromatic rings. The first-order valence-corrected chi connectivity index (χ1v) is 9.93. The maximum atomic E-state index is 10.9. The van der Waals surface area contributed by atoms with Crippen molar-refractivity contribution in [3.05, 3.63) is 71.7 Å². The molecule has 0 amide bonds. The van der Waals surface area contributed by atoms with Crippen molar-refractivity contribution in [2.75, 3.05) is 38.2 Å². The average Bonchev–Trinajstić information content (AvgIpc) is 3.37. The number of benzene rings is 1. The number of aliphatic hydroxyl groups excluding tert-OH is 1. The fourth-order valence-corrected chi connectivity index (χ4v) is 3.88. The molecule has 2 aromatic heterocycles. The molecule has 1 N–H and O–H groups in total. The summed E-state index contributed by atoms with van der Waals surface area (Å²) in [6, 6.07) is 12.1. The molecule has 1 aliphatic rings. The van der Waals surface area contributed by atoms with E-state index in [1.54, 1.807) is 13.3 Å². The lowest BCUT2D eigenvalue weighted by atomic mass is 10.0. The van der Waals surface area contributed by atoms with Crippen LogP contribution in [0.1, 0.15) is 29.0 Å². The Morgan fingerprint density at radius 3 is 2.59 bits per heavy atom. The third kappa shape index (κ3) is 4.37. The van der Waals surface area contributed by atoms with Crippen LogP contribution in [0.2, 0.25) is 0 Å². The SMILES string of the molecule is COCc1ccc(CN2CCN(c3ccccc3[C@@H](O)c3nccn3C)CC2)o1. The average molecular weight is 396 g/mol. The van der Waals surface area contributed by atoms with E-state index in [4.69, 9.17) is 9.15 Å². The lowest BCUT2D eigenvalue weighted by molar-refractivity contribution is 0.158. The number of aromatic nitrogens is 2. The van der Waals surface area contributed by atoms with E-state index in [1.165, 1.54) is 0 Å². The van der Waals surface area contributed by atoms with Crippen LogP contribution in [-0.4, -0.2) is 52.8 Å². The first-order valence-electron chi connectivity index (χ1n) is 9.93. The van der Waals surface area contributed by atoms with Gasteiger partial charge in [-0.1, -0.05) is 18.2 Å². The van der Waals surface area contributed by atoms with Crippen LogP contribution in [0.3, 0.4) is 0 Å². The normalized spacial score (nSPS) is 16.3. The van der Waals surface area contributed by atoms with Gasteiger partial charge < -0.3 is 23.7 Å². The molecule has 1 atom stereocenters. The van der Waals surface area contributed by atoms with Gasteiger partial charge >= 0.3 is 0 Å². The Morgan fingerprint density at radius 2 is 1.86 bits per heavy atom. The van der Waals surface area contributed by atoms with Crippen molar-refractivity contribution in [2.45, 2.75) is 19.3 Å². The number of piperazine rings is 1. The second kappa shape index (κ2) is 8.82. The highest BCUT2D eigenvalue weighted by Crippen LogP contribution is 2.30. The first-order chi connectivity index (χ1) is 14.2. The molecule has 0 saturated carbocycles. The van der Waals surface area contributed by atoms with Crippen LogP contribution in [0.5, 0.6) is 0 Å². The summed E-state index contributed by atoms with van der Waals surface area (Å²) < 4.78 is 12.8. The van der Waals surface area contributed by atoms with Gasteiger partial charge in [0.05, 0.1) is 6.54 Å². The Hall–Kier alpha value is -2.61. The maximum Gasteiger partial charge on any atom is 0.142 e. The third-order valence-electron chi connectivity index (χ3n) is 5.43. The number of anilines is 1. The lowest BCUT2D eigenvalue weighted by Crippen LogP contribution is -2.46. The number of aliphatic hydroxyl groups is 1. The van der Waals surface area contributed by atoms with Gasteiger partial charge in [-0.05, 0) is 18.2 Å². The molecule has 3 heterocycles. The number of imidazole rings is 1. The van der Waals surface area contributed by atoms with Crippen LogP contribution in [0.4, 0.5) is 5.69 Å². The van der Waals surface area contributed by atoms with Crippen LogP contribution >= 0.6 is 0 Å². The zero-order chi connectivity index (χ0) is 20.2. The van der Waals surface area contributed by atoms with Gasteiger partial charge in [0.15, 0.2) is 0 Å². The van der Waals surface area contributed by atoms with Gasteiger partial charge in [-0.15, -0.1) is 0 Å². The number of para-hydroxylation sites is 1. The van der Waals surface area contributed by atoms with Gasteiger partial charge in [-0.25, -0.2) is 4.98 Å². The van der Waals surface area contributed by atoms with Gasteiger partial charge in [0.1, 0.15) is 30.1 Å². The maximum absolute atomic E-state index is 10.9. The van der Waals surface area contributed by atoms with Crippen LogP contribution < -0.4 is 4.90 Å². The van der Waals surface area contributed by atoms with Gasteiger partial charge in [-0.3, -0.25) is 4.90 Å². The van der Waals surface area contributed by atoms with Crippen molar-refractivity contribution in [3.63, 3.8) is 0 Å². The highest BCUT2D eigenvalue weighted by atomic mass is 16.5. The highest BCUT2D eigenvalue weighted by molar-refractivity contribution is 5.56. The molecule has 1 aliphatic heterocycles. The van der Waals surface area contributed by atoms with Crippen molar-refractivity contribution < 1.29 is 14.3 Å². The molecule has 0 spiro atoms. The molecule has 0 aliphatic carbocycles. The number of rotatable bonds is 7. The van der Waals surface area contributed by atoms with Crippen molar-refractivity contribution in [2.24, 2.45) is 7.05 Å². The molecule has 154 valence electrons. The van der Waals surface area contributed by atoms with Gasteiger partial charge in [0.2, 0.25) is 0 Å². The quantitative estimate of drug-likeness (QED) is 0.662. The zero-order valence-electron chi connectivity index (χ0n) is 17.0. The monoisotopic (exact) mass is 396 g/mol. The molecule has 1 saturated heterocycles. The number of ether oxygens (including phenoxy) is 1. The van der Waals surface area contributed by atoms with Crippen molar-refractivity contribution in [3.8, 4) is 0 Å². The summed E-state index contributed by atoms with van der Waals surface area (Å²) in [5.74, 6) is 2.48. The Balaban J connectivity index is 1.41. The Kier molecular flexibility index (Phi) is 5.99. The van der Waals surface area contributed by atoms with E-state index >= 15 is 0 Å². The van der Waals surface area contributed by atoms with E-state index in [2.05, 4.69) is 20.9 Å². The Bertz CT molecular complexity index is 928. The number of furan rings is 1. The van der Waals surface area contributed by atoms with Crippen molar-refractivity contribution in [1.82, 2.24) is 14.5 Å². The van der Waals surface area contributed by atoms with E-state index in [0.29, 0.717) is 12.4 Å². The summed E-state index contributed by atoms with van der Waals surface area (Å²) in [4.78, 5) is 9.06. The summed E-state index contributed by atoms with van der Waals surface area (Å²) in [6.07, 6.45) is 2.82. The Morgan fingerprint density at radius 1 is 1.10 bits per heavy atom. The summed E-state index contributed by atoms with van der Waals surface area (Å²) in [5.41, 5.74) is 1.97. The van der Waals surface area contributed by atoms with Crippen molar-refractivity contribution in [1.29, 1.82) is 0 Å². The second-order valence-electron chi connectivity index (χ2n) is 7.42. The predicted octanol–water partition coefficient (Wildman–Crippen LogP) is 2.56. The molecular formula is C22H28N4O3. The summed E-state index contributed by atoms with van der Waals surface area (Å²) in [5, 5.41) is 10.9. The van der Waals surface area contributed by atoms with Crippen LogP contribution in [0.25, 0.3) is 0 Å². The fourth-order valence-electron chi connectivity index (χ4n) is 3.88. The number of hydrogen-bond acceptors (Lipinski definition) is 6. The Labute approximate surface area is 171 Å². The van der Waals surface area contributed by atoms with Crippen LogP contribution in [-0.2, 0) is 24.9 Å². The molecule has 0 bridgehead atoms.